The number of aromatic nitrogens is 3. The van der Waals surface area contributed by atoms with Gasteiger partial charge in [-0.2, -0.15) is 0 Å². The van der Waals surface area contributed by atoms with E-state index in [1.807, 2.05) is 0 Å². The maximum atomic E-state index is 11.3. The molecule has 1 aromatic heterocycles. The second-order valence-electron chi connectivity index (χ2n) is 4.54. The zero-order chi connectivity index (χ0) is 10.9. The third-order valence-corrected chi connectivity index (χ3v) is 2.99. The van der Waals surface area contributed by atoms with Crippen LogP contribution in [0.25, 0.3) is 0 Å². The molecule has 0 saturated carbocycles. The molecule has 3 N–H and O–H groups in total. The summed E-state index contributed by atoms with van der Waals surface area (Å²) < 4.78 is 1.23. The summed E-state index contributed by atoms with van der Waals surface area (Å²) in [6.45, 7) is 4.44. The van der Waals surface area contributed by atoms with Gasteiger partial charge < -0.3 is 5.32 Å². The molecule has 2 heterocycles. The molecule has 6 nitrogen and oxygen atoms in total. The summed E-state index contributed by atoms with van der Waals surface area (Å²) in [6, 6.07) is 0. The van der Waals surface area contributed by atoms with Gasteiger partial charge in [0, 0.05) is 13.1 Å². The lowest BCUT2D eigenvalue weighted by Crippen LogP contribution is -2.44. The van der Waals surface area contributed by atoms with E-state index in [-0.39, 0.29) is 16.8 Å². The van der Waals surface area contributed by atoms with Crippen LogP contribution in [0.5, 0.6) is 0 Å². The van der Waals surface area contributed by atoms with Crippen LogP contribution in [0.3, 0.4) is 0 Å². The maximum Gasteiger partial charge on any atom is 0.344 e. The standard InChI is InChI=1S/C9H16N4O2/c1-9(3-2-4-10-5-9)6-13-7(14)11-12-8(13)15/h10H,2-6H2,1H3,(H,11,14)(H,12,15). The van der Waals surface area contributed by atoms with Gasteiger partial charge in [0.05, 0.1) is 0 Å². The van der Waals surface area contributed by atoms with E-state index in [1.54, 1.807) is 0 Å². The number of hydrogen-bond acceptors (Lipinski definition) is 3. The fraction of sp³-hybridized carbons (Fsp3) is 0.778. The highest BCUT2D eigenvalue weighted by Gasteiger charge is 2.28. The fourth-order valence-electron chi connectivity index (χ4n) is 2.11. The summed E-state index contributed by atoms with van der Waals surface area (Å²) >= 11 is 0. The molecule has 1 aromatic rings. The molecule has 15 heavy (non-hydrogen) atoms. The number of nitrogens with zero attached hydrogens (tertiary/aromatic N) is 1. The average molecular weight is 212 g/mol. The van der Waals surface area contributed by atoms with Gasteiger partial charge in [-0.15, -0.1) is 0 Å². The Morgan fingerprint density at radius 2 is 2.00 bits per heavy atom. The lowest BCUT2D eigenvalue weighted by molar-refractivity contribution is 0.197. The van der Waals surface area contributed by atoms with Gasteiger partial charge in [-0.05, 0) is 24.8 Å². The summed E-state index contributed by atoms with van der Waals surface area (Å²) in [7, 11) is 0. The Morgan fingerprint density at radius 1 is 1.33 bits per heavy atom. The van der Waals surface area contributed by atoms with Crippen molar-refractivity contribution in [1.29, 1.82) is 0 Å². The van der Waals surface area contributed by atoms with E-state index in [0.717, 1.165) is 25.9 Å². The molecule has 0 aromatic carbocycles. The number of piperidine rings is 1. The zero-order valence-corrected chi connectivity index (χ0v) is 8.80. The van der Waals surface area contributed by atoms with Crippen LogP contribution in [0.15, 0.2) is 9.59 Å². The fourth-order valence-corrected chi connectivity index (χ4v) is 2.11. The van der Waals surface area contributed by atoms with E-state index in [0.29, 0.717) is 6.54 Å². The smallest absolute Gasteiger partial charge is 0.316 e. The number of aromatic amines is 2. The minimum Gasteiger partial charge on any atom is -0.316 e. The van der Waals surface area contributed by atoms with Crippen LogP contribution in [0.4, 0.5) is 0 Å². The minimum atomic E-state index is -0.355. The average Bonchev–Trinajstić information content (AvgIpc) is 2.50. The predicted molar refractivity (Wildman–Crippen MR) is 55.9 cm³/mol. The molecule has 1 saturated heterocycles. The van der Waals surface area contributed by atoms with Crippen molar-refractivity contribution in [2.45, 2.75) is 26.3 Å². The van der Waals surface area contributed by atoms with Crippen LogP contribution in [-0.2, 0) is 6.54 Å². The first kappa shape index (κ1) is 10.2. The number of hydrogen-bond donors (Lipinski definition) is 3. The molecule has 0 aliphatic carbocycles. The van der Waals surface area contributed by atoms with E-state index in [4.69, 9.17) is 0 Å². The van der Waals surface area contributed by atoms with Gasteiger partial charge in [0.1, 0.15) is 0 Å². The number of nitrogens with one attached hydrogen (secondary N) is 3. The highest BCUT2D eigenvalue weighted by molar-refractivity contribution is 4.83. The Morgan fingerprint density at radius 3 is 2.53 bits per heavy atom. The van der Waals surface area contributed by atoms with E-state index in [1.165, 1.54) is 4.57 Å². The van der Waals surface area contributed by atoms with Crippen molar-refractivity contribution in [2.24, 2.45) is 5.41 Å². The molecule has 6 heteroatoms. The van der Waals surface area contributed by atoms with Crippen LogP contribution in [0.2, 0.25) is 0 Å². The second kappa shape index (κ2) is 3.69. The number of rotatable bonds is 2. The monoisotopic (exact) mass is 212 g/mol. The zero-order valence-electron chi connectivity index (χ0n) is 8.80. The molecule has 1 atom stereocenters. The minimum absolute atomic E-state index is 0.00271. The van der Waals surface area contributed by atoms with Gasteiger partial charge in [0.2, 0.25) is 0 Å². The third kappa shape index (κ3) is 2.04. The molecule has 0 bridgehead atoms. The highest BCUT2D eigenvalue weighted by atomic mass is 16.2. The predicted octanol–water partition coefficient (Wildman–Crippen LogP) is -0.746. The first-order valence-corrected chi connectivity index (χ1v) is 5.19. The summed E-state index contributed by atoms with van der Waals surface area (Å²) in [5.41, 5.74) is -0.712. The largest absolute Gasteiger partial charge is 0.344 e. The van der Waals surface area contributed by atoms with Crippen molar-refractivity contribution in [3.63, 3.8) is 0 Å². The Balaban J connectivity index is 2.20. The first-order valence-electron chi connectivity index (χ1n) is 5.19. The van der Waals surface area contributed by atoms with Crippen LogP contribution in [0, 0.1) is 5.41 Å². The molecule has 1 aliphatic rings. The van der Waals surface area contributed by atoms with Crippen molar-refractivity contribution < 1.29 is 0 Å². The van der Waals surface area contributed by atoms with Crippen LogP contribution in [0.1, 0.15) is 19.8 Å². The molecule has 1 unspecified atom stereocenters. The van der Waals surface area contributed by atoms with E-state index in [9.17, 15) is 9.59 Å². The molecule has 84 valence electrons. The van der Waals surface area contributed by atoms with E-state index in [2.05, 4.69) is 22.4 Å². The van der Waals surface area contributed by atoms with Crippen LogP contribution >= 0.6 is 0 Å². The van der Waals surface area contributed by atoms with Crippen LogP contribution < -0.4 is 16.7 Å². The van der Waals surface area contributed by atoms with Gasteiger partial charge in [-0.25, -0.2) is 24.4 Å². The van der Waals surface area contributed by atoms with Gasteiger partial charge in [0.15, 0.2) is 0 Å². The van der Waals surface area contributed by atoms with Crippen molar-refractivity contribution in [2.75, 3.05) is 13.1 Å². The van der Waals surface area contributed by atoms with Crippen LogP contribution in [-0.4, -0.2) is 27.9 Å². The summed E-state index contributed by atoms with van der Waals surface area (Å²) in [5, 5.41) is 7.88. The topological polar surface area (TPSA) is 82.7 Å². The molecule has 0 amide bonds. The van der Waals surface area contributed by atoms with Crippen molar-refractivity contribution in [1.82, 2.24) is 20.1 Å². The van der Waals surface area contributed by atoms with Gasteiger partial charge >= 0.3 is 11.4 Å². The molecule has 0 spiro atoms. The third-order valence-electron chi connectivity index (χ3n) is 2.99. The molecular formula is C9H16N4O2. The quantitative estimate of drug-likeness (QED) is 0.603. The summed E-state index contributed by atoms with van der Waals surface area (Å²) in [4.78, 5) is 22.6. The molecule has 0 radical (unpaired) electrons. The maximum absolute atomic E-state index is 11.3. The molecule has 1 fully saturated rings. The van der Waals surface area contributed by atoms with Crippen molar-refractivity contribution >= 4 is 0 Å². The summed E-state index contributed by atoms with van der Waals surface area (Å²) in [6.07, 6.45) is 2.13. The highest BCUT2D eigenvalue weighted by Crippen LogP contribution is 2.26. The second-order valence-corrected chi connectivity index (χ2v) is 4.54. The lowest BCUT2D eigenvalue weighted by atomic mass is 9.83. The Hall–Kier alpha value is -1.30. The normalized spacial score (nSPS) is 26.7. The summed E-state index contributed by atoms with van der Waals surface area (Å²) in [5.74, 6) is 0. The Labute approximate surface area is 86.7 Å². The van der Waals surface area contributed by atoms with Crippen molar-refractivity contribution in [3.05, 3.63) is 21.0 Å². The Bertz CT molecular complexity index is 408. The Kier molecular flexibility index (Phi) is 2.52. The molecule has 1 aliphatic heterocycles. The SMILES string of the molecule is CC1(Cn2c(=O)[nH][nH]c2=O)CCCNC1. The van der Waals surface area contributed by atoms with Gasteiger partial charge in [0.25, 0.3) is 0 Å². The lowest BCUT2D eigenvalue weighted by Gasteiger charge is -2.33. The van der Waals surface area contributed by atoms with Gasteiger partial charge in [-0.3, -0.25) is 0 Å². The van der Waals surface area contributed by atoms with Crippen molar-refractivity contribution in [3.8, 4) is 0 Å². The number of H-pyrrole nitrogens is 2. The van der Waals surface area contributed by atoms with Gasteiger partial charge in [-0.1, -0.05) is 6.92 Å². The molecular weight excluding hydrogens is 196 g/mol. The first-order chi connectivity index (χ1) is 7.11. The van der Waals surface area contributed by atoms with E-state index < -0.39 is 0 Å². The van der Waals surface area contributed by atoms with E-state index >= 15 is 0 Å². The molecule has 2 rings (SSSR count).